The van der Waals surface area contributed by atoms with Gasteiger partial charge in [0.15, 0.2) is 0 Å². The Morgan fingerprint density at radius 2 is 1.25 bits per heavy atom. The molecule has 3 aliphatic rings. The van der Waals surface area contributed by atoms with E-state index in [0.717, 1.165) is 19.6 Å². The SMILES string of the molecule is CCN1CCCC2=C1N(CC)C1=C(CCCN1CC)C2. The summed E-state index contributed by atoms with van der Waals surface area (Å²) in [5.41, 5.74) is 3.41. The van der Waals surface area contributed by atoms with Gasteiger partial charge >= 0.3 is 0 Å². The molecule has 0 aromatic heterocycles. The van der Waals surface area contributed by atoms with Crippen LogP contribution in [0.5, 0.6) is 0 Å². The predicted octanol–water partition coefficient (Wildman–Crippen LogP) is 3.37. The van der Waals surface area contributed by atoms with Gasteiger partial charge in [0.05, 0.1) is 0 Å². The lowest BCUT2D eigenvalue weighted by Gasteiger charge is -2.49. The van der Waals surface area contributed by atoms with E-state index in [4.69, 9.17) is 0 Å². The Bertz CT molecular complexity index is 398. The quantitative estimate of drug-likeness (QED) is 0.782. The summed E-state index contributed by atoms with van der Waals surface area (Å²) in [5.74, 6) is 3.11. The summed E-state index contributed by atoms with van der Waals surface area (Å²) in [7, 11) is 0. The molecule has 0 aromatic rings. The second-order valence-corrected chi connectivity index (χ2v) is 6.14. The highest BCUT2D eigenvalue weighted by atomic mass is 15.4. The van der Waals surface area contributed by atoms with Crippen LogP contribution in [0.25, 0.3) is 0 Å². The van der Waals surface area contributed by atoms with Crippen LogP contribution in [0.2, 0.25) is 0 Å². The molecule has 3 aliphatic heterocycles. The summed E-state index contributed by atoms with van der Waals surface area (Å²) in [4.78, 5) is 7.84. The van der Waals surface area contributed by atoms with Gasteiger partial charge in [-0.3, -0.25) is 0 Å². The van der Waals surface area contributed by atoms with Crippen LogP contribution >= 0.6 is 0 Å². The maximum Gasteiger partial charge on any atom is 0.109 e. The number of hydrogen-bond donors (Lipinski definition) is 0. The van der Waals surface area contributed by atoms with Crippen molar-refractivity contribution >= 4 is 0 Å². The average Bonchev–Trinajstić information content (AvgIpc) is 2.51. The zero-order valence-electron chi connectivity index (χ0n) is 13.4. The average molecular weight is 275 g/mol. The first-order valence-electron chi connectivity index (χ1n) is 8.51. The van der Waals surface area contributed by atoms with Crippen molar-refractivity contribution in [3.05, 3.63) is 22.8 Å². The lowest BCUT2D eigenvalue weighted by Crippen LogP contribution is -2.47. The molecule has 0 bridgehead atoms. The first-order chi connectivity index (χ1) is 9.80. The summed E-state index contributed by atoms with van der Waals surface area (Å²) in [5, 5.41) is 0. The molecule has 0 radical (unpaired) electrons. The monoisotopic (exact) mass is 275 g/mol. The molecule has 112 valence electrons. The van der Waals surface area contributed by atoms with Gasteiger partial charge in [0.2, 0.25) is 0 Å². The number of rotatable bonds is 3. The molecule has 0 saturated carbocycles. The summed E-state index contributed by atoms with van der Waals surface area (Å²) < 4.78 is 0. The van der Waals surface area contributed by atoms with Gasteiger partial charge in [0, 0.05) is 32.7 Å². The van der Waals surface area contributed by atoms with E-state index in [9.17, 15) is 0 Å². The number of hydrogen-bond acceptors (Lipinski definition) is 3. The molecule has 20 heavy (non-hydrogen) atoms. The molecule has 0 fully saturated rings. The third kappa shape index (κ3) is 2.11. The van der Waals surface area contributed by atoms with Crippen LogP contribution in [0.15, 0.2) is 22.8 Å². The van der Waals surface area contributed by atoms with Crippen molar-refractivity contribution in [1.29, 1.82) is 0 Å². The van der Waals surface area contributed by atoms with E-state index in [1.165, 1.54) is 45.2 Å². The van der Waals surface area contributed by atoms with E-state index < -0.39 is 0 Å². The molecule has 0 saturated heterocycles. The van der Waals surface area contributed by atoms with E-state index in [1.54, 1.807) is 22.8 Å². The number of allylic oxidation sites excluding steroid dienone is 2. The van der Waals surface area contributed by atoms with Gasteiger partial charge in [0.25, 0.3) is 0 Å². The largest absolute Gasteiger partial charge is 0.358 e. The van der Waals surface area contributed by atoms with E-state index in [2.05, 4.69) is 35.5 Å². The van der Waals surface area contributed by atoms with Crippen LogP contribution in [0.3, 0.4) is 0 Å². The predicted molar refractivity (Wildman–Crippen MR) is 84.0 cm³/mol. The summed E-state index contributed by atoms with van der Waals surface area (Å²) in [6.45, 7) is 12.8. The Kier molecular flexibility index (Phi) is 3.95. The lowest BCUT2D eigenvalue weighted by atomic mass is 9.89. The van der Waals surface area contributed by atoms with Crippen molar-refractivity contribution in [2.75, 3.05) is 32.7 Å². The Balaban J connectivity index is 2.00. The van der Waals surface area contributed by atoms with Crippen LogP contribution in [0.1, 0.15) is 52.9 Å². The first kappa shape index (κ1) is 13.8. The summed E-state index contributed by atoms with van der Waals surface area (Å²) in [6.07, 6.45) is 6.54. The molecule has 0 atom stereocenters. The van der Waals surface area contributed by atoms with Gasteiger partial charge in [0.1, 0.15) is 11.6 Å². The Labute approximate surface area is 123 Å². The van der Waals surface area contributed by atoms with Crippen LogP contribution in [-0.2, 0) is 0 Å². The number of nitrogens with zero attached hydrogens (tertiary/aromatic N) is 3. The van der Waals surface area contributed by atoms with Crippen molar-refractivity contribution in [1.82, 2.24) is 14.7 Å². The minimum absolute atomic E-state index is 1.10. The standard InChI is InChI=1S/C17H29N3/c1-4-18-11-7-9-14-13-15-10-8-12-19(5-2)17(15)20(6-3)16(14)18/h4-13H2,1-3H3. The lowest BCUT2D eigenvalue weighted by molar-refractivity contribution is 0.157. The van der Waals surface area contributed by atoms with Gasteiger partial charge in [-0.1, -0.05) is 0 Å². The van der Waals surface area contributed by atoms with Crippen LogP contribution < -0.4 is 0 Å². The molecule has 0 unspecified atom stereocenters. The maximum atomic E-state index is 2.62. The van der Waals surface area contributed by atoms with E-state index >= 15 is 0 Å². The van der Waals surface area contributed by atoms with Gasteiger partial charge < -0.3 is 14.7 Å². The summed E-state index contributed by atoms with van der Waals surface area (Å²) in [6, 6.07) is 0. The third-order valence-electron chi connectivity index (χ3n) is 5.06. The van der Waals surface area contributed by atoms with Crippen LogP contribution in [-0.4, -0.2) is 47.4 Å². The zero-order valence-corrected chi connectivity index (χ0v) is 13.4. The fourth-order valence-corrected chi connectivity index (χ4v) is 4.18. The first-order valence-corrected chi connectivity index (χ1v) is 8.51. The molecule has 3 heterocycles. The molecule has 3 rings (SSSR count). The van der Waals surface area contributed by atoms with Crippen molar-refractivity contribution < 1.29 is 0 Å². The highest BCUT2D eigenvalue weighted by Crippen LogP contribution is 2.41. The molecule has 3 nitrogen and oxygen atoms in total. The fourth-order valence-electron chi connectivity index (χ4n) is 4.18. The third-order valence-corrected chi connectivity index (χ3v) is 5.06. The zero-order chi connectivity index (χ0) is 14.1. The topological polar surface area (TPSA) is 9.72 Å². The molecule has 0 aromatic carbocycles. The molecule has 0 spiro atoms. The van der Waals surface area contributed by atoms with Gasteiger partial charge in [-0.05, 0) is 64.0 Å². The molecular weight excluding hydrogens is 246 g/mol. The molecule has 0 N–H and O–H groups in total. The van der Waals surface area contributed by atoms with Crippen LogP contribution in [0.4, 0.5) is 0 Å². The van der Waals surface area contributed by atoms with Crippen molar-refractivity contribution in [2.24, 2.45) is 0 Å². The maximum absolute atomic E-state index is 2.62. The van der Waals surface area contributed by atoms with Gasteiger partial charge in [-0.25, -0.2) is 0 Å². The Hall–Kier alpha value is -1.12. The van der Waals surface area contributed by atoms with Crippen molar-refractivity contribution in [3.63, 3.8) is 0 Å². The van der Waals surface area contributed by atoms with E-state index in [1.807, 2.05) is 0 Å². The van der Waals surface area contributed by atoms with Crippen molar-refractivity contribution in [3.8, 4) is 0 Å². The van der Waals surface area contributed by atoms with E-state index in [-0.39, 0.29) is 0 Å². The minimum Gasteiger partial charge on any atom is -0.358 e. The highest BCUT2D eigenvalue weighted by molar-refractivity contribution is 5.34. The Morgan fingerprint density at radius 1 is 0.750 bits per heavy atom. The Morgan fingerprint density at radius 3 is 1.65 bits per heavy atom. The molecular formula is C17H29N3. The van der Waals surface area contributed by atoms with Gasteiger partial charge in [-0.15, -0.1) is 0 Å². The highest BCUT2D eigenvalue weighted by Gasteiger charge is 2.34. The van der Waals surface area contributed by atoms with Crippen molar-refractivity contribution in [2.45, 2.75) is 52.9 Å². The fraction of sp³-hybridized carbons (Fsp3) is 0.765. The second-order valence-electron chi connectivity index (χ2n) is 6.14. The molecule has 0 aliphatic carbocycles. The van der Waals surface area contributed by atoms with Crippen LogP contribution in [0, 0.1) is 0 Å². The van der Waals surface area contributed by atoms with E-state index in [0.29, 0.717) is 0 Å². The normalized spacial score (nSPS) is 23.2. The molecule has 0 amide bonds. The van der Waals surface area contributed by atoms with Gasteiger partial charge in [-0.2, -0.15) is 0 Å². The summed E-state index contributed by atoms with van der Waals surface area (Å²) >= 11 is 0. The molecule has 3 heteroatoms. The smallest absolute Gasteiger partial charge is 0.109 e. The second kappa shape index (κ2) is 5.71. The minimum atomic E-state index is 1.10.